The number of rotatable bonds is 4. The van der Waals surface area contributed by atoms with Gasteiger partial charge in [-0.1, -0.05) is 0 Å². The molecule has 0 aromatic heterocycles. The van der Waals surface area contributed by atoms with Crippen LogP contribution >= 0.6 is 0 Å². The van der Waals surface area contributed by atoms with Gasteiger partial charge in [0.15, 0.2) is 0 Å². The molecule has 1 aliphatic carbocycles. The van der Waals surface area contributed by atoms with E-state index in [0.717, 1.165) is 29.2 Å². The van der Waals surface area contributed by atoms with Gasteiger partial charge in [0.1, 0.15) is 11.5 Å². The number of aliphatic hydroxyl groups is 1. The van der Waals surface area contributed by atoms with E-state index < -0.39 is 6.10 Å². The Kier molecular flexibility index (Phi) is 3.54. The molecule has 2 atom stereocenters. The van der Waals surface area contributed by atoms with Crippen molar-refractivity contribution in [2.75, 3.05) is 27.8 Å². The maximum Gasteiger partial charge on any atom is 0.125 e. The minimum atomic E-state index is -0.464. The van der Waals surface area contributed by atoms with E-state index in [2.05, 4.69) is 5.32 Å². The van der Waals surface area contributed by atoms with Crippen molar-refractivity contribution in [3.8, 4) is 11.5 Å². The molecule has 1 aliphatic rings. The standard InChI is InChI=1S/C13H19NO3/c1-14-7-8-6-9(15)13-11(17-3)5-4-10(16-2)12(8)13/h4-5,8-9,14-15H,6-7H2,1-3H3. The molecular formula is C13H19NO3. The maximum atomic E-state index is 10.1. The summed E-state index contributed by atoms with van der Waals surface area (Å²) in [6, 6.07) is 3.75. The number of ether oxygens (including phenoxy) is 2. The van der Waals surface area contributed by atoms with Crippen LogP contribution in [0.1, 0.15) is 29.6 Å². The van der Waals surface area contributed by atoms with Crippen LogP contribution < -0.4 is 14.8 Å². The van der Waals surface area contributed by atoms with Crippen LogP contribution in [-0.4, -0.2) is 32.9 Å². The first-order chi connectivity index (χ1) is 8.22. The first kappa shape index (κ1) is 12.2. The van der Waals surface area contributed by atoms with Gasteiger partial charge in [-0.3, -0.25) is 0 Å². The Hall–Kier alpha value is -1.26. The number of aliphatic hydroxyl groups excluding tert-OH is 1. The van der Waals surface area contributed by atoms with E-state index in [1.54, 1.807) is 14.2 Å². The third kappa shape index (κ3) is 1.98. The summed E-state index contributed by atoms with van der Waals surface area (Å²) in [6.45, 7) is 0.827. The summed E-state index contributed by atoms with van der Waals surface area (Å²) in [5.41, 5.74) is 1.96. The number of hydrogen-bond donors (Lipinski definition) is 2. The molecule has 17 heavy (non-hydrogen) atoms. The van der Waals surface area contributed by atoms with E-state index >= 15 is 0 Å². The average molecular weight is 237 g/mol. The Balaban J connectivity index is 2.52. The van der Waals surface area contributed by atoms with Crippen molar-refractivity contribution < 1.29 is 14.6 Å². The zero-order valence-electron chi connectivity index (χ0n) is 10.5. The molecule has 1 aromatic rings. The Bertz CT molecular complexity index is 406. The van der Waals surface area contributed by atoms with Gasteiger partial charge in [-0.15, -0.1) is 0 Å². The lowest BCUT2D eigenvalue weighted by molar-refractivity contribution is 0.169. The molecule has 0 saturated heterocycles. The second-order valence-corrected chi connectivity index (χ2v) is 4.30. The normalized spacial score (nSPS) is 22.4. The van der Waals surface area contributed by atoms with Crippen molar-refractivity contribution in [2.45, 2.75) is 18.4 Å². The SMILES string of the molecule is CNCC1CC(O)c2c(OC)ccc(OC)c21. The topological polar surface area (TPSA) is 50.7 Å². The molecule has 2 unspecified atom stereocenters. The van der Waals surface area contributed by atoms with Gasteiger partial charge in [-0.05, 0) is 25.6 Å². The molecule has 0 amide bonds. The molecule has 0 fully saturated rings. The molecule has 0 heterocycles. The smallest absolute Gasteiger partial charge is 0.125 e. The van der Waals surface area contributed by atoms with E-state index in [1.165, 1.54) is 0 Å². The van der Waals surface area contributed by atoms with E-state index in [0.29, 0.717) is 6.42 Å². The molecule has 0 spiro atoms. The molecule has 94 valence electrons. The lowest BCUT2D eigenvalue weighted by Crippen LogP contribution is -2.15. The summed E-state index contributed by atoms with van der Waals surface area (Å²) < 4.78 is 10.7. The van der Waals surface area contributed by atoms with Crippen molar-refractivity contribution in [1.82, 2.24) is 5.32 Å². The van der Waals surface area contributed by atoms with Crippen LogP contribution in [0.3, 0.4) is 0 Å². The number of fused-ring (bicyclic) bond motifs is 1. The summed E-state index contributed by atoms with van der Waals surface area (Å²) in [4.78, 5) is 0. The largest absolute Gasteiger partial charge is 0.496 e. The van der Waals surface area contributed by atoms with Gasteiger partial charge in [0.05, 0.1) is 20.3 Å². The highest BCUT2D eigenvalue weighted by molar-refractivity contribution is 5.54. The van der Waals surface area contributed by atoms with Gasteiger partial charge in [0, 0.05) is 23.6 Å². The monoisotopic (exact) mass is 237 g/mol. The molecular weight excluding hydrogens is 218 g/mol. The fraction of sp³-hybridized carbons (Fsp3) is 0.538. The van der Waals surface area contributed by atoms with Crippen LogP contribution in [0, 0.1) is 0 Å². The van der Waals surface area contributed by atoms with Crippen LogP contribution in [0.2, 0.25) is 0 Å². The quantitative estimate of drug-likeness (QED) is 0.832. The zero-order valence-corrected chi connectivity index (χ0v) is 10.5. The molecule has 4 heteroatoms. The molecule has 2 N–H and O–H groups in total. The van der Waals surface area contributed by atoms with Crippen LogP contribution in [-0.2, 0) is 0 Å². The first-order valence-electron chi connectivity index (χ1n) is 5.80. The molecule has 0 saturated carbocycles. The van der Waals surface area contributed by atoms with Gasteiger partial charge < -0.3 is 19.9 Å². The van der Waals surface area contributed by atoms with Gasteiger partial charge in [0.2, 0.25) is 0 Å². The lowest BCUT2D eigenvalue weighted by atomic mass is 9.99. The minimum Gasteiger partial charge on any atom is -0.496 e. The fourth-order valence-corrected chi connectivity index (χ4v) is 2.65. The summed E-state index contributed by atoms with van der Waals surface area (Å²) in [6.07, 6.45) is 0.251. The highest BCUT2D eigenvalue weighted by Gasteiger charge is 2.34. The summed E-state index contributed by atoms with van der Waals surface area (Å²) in [5.74, 6) is 1.85. The van der Waals surface area contributed by atoms with Crippen molar-refractivity contribution >= 4 is 0 Å². The molecule has 0 bridgehead atoms. The number of methoxy groups -OCH3 is 2. The second kappa shape index (κ2) is 4.94. The number of nitrogens with one attached hydrogen (secondary N) is 1. The van der Waals surface area contributed by atoms with Crippen LogP contribution in [0.25, 0.3) is 0 Å². The van der Waals surface area contributed by atoms with Gasteiger partial charge >= 0.3 is 0 Å². The van der Waals surface area contributed by atoms with Crippen LogP contribution in [0.15, 0.2) is 12.1 Å². The van der Waals surface area contributed by atoms with Crippen molar-refractivity contribution in [1.29, 1.82) is 0 Å². The summed E-state index contributed by atoms with van der Waals surface area (Å²) in [7, 11) is 5.19. The van der Waals surface area contributed by atoms with Gasteiger partial charge in [-0.25, -0.2) is 0 Å². The average Bonchev–Trinajstić information content (AvgIpc) is 2.67. The van der Waals surface area contributed by atoms with Gasteiger partial charge in [0.25, 0.3) is 0 Å². The van der Waals surface area contributed by atoms with Crippen molar-refractivity contribution in [3.63, 3.8) is 0 Å². The van der Waals surface area contributed by atoms with E-state index in [1.807, 2.05) is 19.2 Å². The lowest BCUT2D eigenvalue weighted by Gasteiger charge is -2.16. The van der Waals surface area contributed by atoms with Crippen molar-refractivity contribution in [3.05, 3.63) is 23.3 Å². The molecule has 1 aromatic carbocycles. The first-order valence-corrected chi connectivity index (χ1v) is 5.80. The van der Waals surface area contributed by atoms with E-state index in [4.69, 9.17) is 9.47 Å². The molecule has 0 radical (unpaired) electrons. The van der Waals surface area contributed by atoms with E-state index in [-0.39, 0.29) is 5.92 Å². The zero-order chi connectivity index (χ0) is 12.4. The highest BCUT2D eigenvalue weighted by Crippen LogP contribution is 2.48. The van der Waals surface area contributed by atoms with Crippen LogP contribution in [0.5, 0.6) is 11.5 Å². The Morgan fingerprint density at radius 2 is 1.82 bits per heavy atom. The minimum absolute atomic E-state index is 0.273. The second-order valence-electron chi connectivity index (χ2n) is 4.30. The summed E-state index contributed by atoms with van der Waals surface area (Å²) >= 11 is 0. The predicted octanol–water partition coefficient (Wildman–Crippen LogP) is 1.44. The number of likely N-dealkylation sites (N-methyl/N-ethyl adjacent to an activating group) is 1. The third-order valence-corrected chi connectivity index (χ3v) is 3.35. The fourth-order valence-electron chi connectivity index (χ4n) is 2.65. The molecule has 0 aliphatic heterocycles. The van der Waals surface area contributed by atoms with Crippen LogP contribution in [0.4, 0.5) is 0 Å². The number of hydrogen-bond acceptors (Lipinski definition) is 4. The molecule has 2 rings (SSSR count). The van der Waals surface area contributed by atoms with Crippen molar-refractivity contribution in [2.24, 2.45) is 0 Å². The number of benzene rings is 1. The Morgan fingerprint density at radius 1 is 1.24 bits per heavy atom. The molecule has 4 nitrogen and oxygen atoms in total. The van der Waals surface area contributed by atoms with Gasteiger partial charge in [-0.2, -0.15) is 0 Å². The summed E-state index contributed by atoms with van der Waals surface area (Å²) in [5, 5.41) is 13.3. The van der Waals surface area contributed by atoms with E-state index in [9.17, 15) is 5.11 Å². The predicted molar refractivity (Wildman–Crippen MR) is 65.8 cm³/mol. The Morgan fingerprint density at radius 3 is 2.35 bits per heavy atom. The Labute approximate surface area is 102 Å². The maximum absolute atomic E-state index is 10.1. The third-order valence-electron chi connectivity index (χ3n) is 3.35. The highest BCUT2D eigenvalue weighted by atomic mass is 16.5.